The molecular formula is C23H22ClNO2S. The smallest absolute Gasteiger partial charge is 0.251 e. The Balaban J connectivity index is 1.72. The molecule has 3 rings (SSSR count). The third kappa shape index (κ3) is 5.31. The van der Waals surface area contributed by atoms with Crippen LogP contribution in [0.1, 0.15) is 34.5 Å². The van der Waals surface area contributed by atoms with Crippen molar-refractivity contribution in [1.29, 1.82) is 0 Å². The Labute approximate surface area is 175 Å². The molecule has 144 valence electrons. The summed E-state index contributed by atoms with van der Waals surface area (Å²) in [6, 6.07) is 23.1. The molecule has 0 saturated carbocycles. The summed E-state index contributed by atoms with van der Waals surface area (Å²) >= 11 is 7.62. The monoisotopic (exact) mass is 411 g/mol. The van der Waals surface area contributed by atoms with Crippen molar-refractivity contribution in [2.24, 2.45) is 0 Å². The van der Waals surface area contributed by atoms with Gasteiger partial charge in [0.25, 0.3) is 5.91 Å². The van der Waals surface area contributed by atoms with Crippen molar-refractivity contribution in [1.82, 2.24) is 5.32 Å². The van der Waals surface area contributed by atoms with Crippen molar-refractivity contribution in [2.75, 3.05) is 7.11 Å². The maximum atomic E-state index is 12.7. The fourth-order valence-electron chi connectivity index (χ4n) is 2.83. The zero-order chi connectivity index (χ0) is 19.9. The Hall–Kier alpha value is -2.43. The molecule has 1 N–H and O–H groups in total. The predicted octanol–water partition coefficient (Wildman–Crippen LogP) is 6.13. The molecule has 3 aromatic rings. The maximum Gasteiger partial charge on any atom is 0.251 e. The van der Waals surface area contributed by atoms with Gasteiger partial charge in [0, 0.05) is 26.8 Å². The molecule has 0 heterocycles. The van der Waals surface area contributed by atoms with Gasteiger partial charge in [0.1, 0.15) is 5.75 Å². The molecule has 0 spiro atoms. The molecule has 0 saturated heterocycles. The van der Waals surface area contributed by atoms with Crippen molar-refractivity contribution < 1.29 is 9.53 Å². The van der Waals surface area contributed by atoms with Crippen LogP contribution in [0.15, 0.2) is 77.7 Å². The van der Waals surface area contributed by atoms with Crippen molar-refractivity contribution in [3.05, 3.63) is 94.5 Å². The standard InChI is InChI=1S/C23H22ClNO2S/c1-16(17-6-4-3-5-7-17)25-23(26)18-8-13-22(27-2)19(14-18)15-28-21-11-9-20(24)10-12-21/h3-14,16H,15H2,1-2H3,(H,25,26)/t16-/m1/s1. The lowest BCUT2D eigenvalue weighted by atomic mass is 10.1. The zero-order valence-corrected chi connectivity index (χ0v) is 17.4. The Morgan fingerprint density at radius 2 is 1.79 bits per heavy atom. The average Bonchev–Trinajstić information content (AvgIpc) is 2.73. The van der Waals surface area contributed by atoms with Gasteiger partial charge in [-0.05, 0) is 55.0 Å². The van der Waals surface area contributed by atoms with Crippen LogP contribution in [0.4, 0.5) is 0 Å². The molecule has 0 aliphatic heterocycles. The Morgan fingerprint density at radius 1 is 1.07 bits per heavy atom. The van der Waals surface area contributed by atoms with E-state index in [2.05, 4.69) is 5.32 Å². The van der Waals surface area contributed by atoms with E-state index < -0.39 is 0 Å². The van der Waals surface area contributed by atoms with E-state index in [0.29, 0.717) is 16.3 Å². The summed E-state index contributed by atoms with van der Waals surface area (Å²) in [7, 11) is 1.64. The molecule has 1 atom stereocenters. The summed E-state index contributed by atoms with van der Waals surface area (Å²) in [4.78, 5) is 13.8. The second-order valence-corrected chi connectivity index (χ2v) is 7.86. The molecule has 0 bridgehead atoms. The molecule has 0 fully saturated rings. The summed E-state index contributed by atoms with van der Waals surface area (Å²) in [6.45, 7) is 1.98. The normalized spacial score (nSPS) is 11.7. The first-order chi connectivity index (χ1) is 13.6. The van der Waals surface area contributed by atoms with E-state index in [0.717, 1.165) is 21.8 Å². The minimum Gasteiger partial charge on any atom is -0.496 e. The van der Waals surface area contributed by atoms with Crippen molar-refractivity contribution in [3.63, 3.8) is 0 Å². The second kappa shape index (κ2) is 9.67. The van der Waals surface area contributed by atoms with Crippen LogP contribution in [0, 0.1) is 0 Å². The lowest BCUT2D eigenvalue weighted by Crippen LogP contribution is -2.26. The van der Waals surface area contributed by atoms with Gasteiger partial charge in [-0.3, -0.25) is 4.79 Å². The van der Waals surface area contributed by atoms with Crippen LogP contribution in [0.2, 0.25) is 5.02 Å². The molecule has 0 aliphatic rings. The van der Waals surface area contributed by atoms with E-state index >= 15 is 0 Å². The highest BCUT2D eigenvalue weighted by molar-refractivity contribution is 7.98. The van der Waals surface area contributed by atoms with E-state index in [-0.39, 0.29) is 11.9 Å². The van der Waals surface area contributed by atoms with Gasteiger partial charge in [0.2, 0.25) is 0 Å². The third-order valence-electron chi connectivity index (χ3n) is 4.40. The first kappa shape index (κ1) is 20.3. The van der Waals surface area contributed by atoms with Gasteiger partial charge in [-0.15, -0.1) is 11.8 Å². The summed E-state index contributed by atoms with van der Waals surface area (Å²) in [5.41, 5.74) is 2.67. The fraction of sp³-hybridized carbons (Fsp3) is 0.174. The quantitative estimate of drug-likeness (QED) is 0.475. The Bertz CT molecular complexity index is 929. The number of rotatable bonds is 7. The van der Waals surface area contributed by atoms with E-state index in [9.17, 15) is 4.79 Å². The molecule has 5 heteroatoms. The molecule has 0 aliphatic carbocycles. The van der Waals surface area contributed by atoms with Crippen LogP contribution in [-0.2, 0) is 5.75 Å². The number of carbonyl (C=O) groups excluding carboxylic acids is 1. The maximum absolute atomic E-state index is 12.7. The molecule has 28 heavy (non-hydrogen) atoms. The number of hydrogen-bond acceptors (Lipinski definition) is 3. The molecule has 1 amide bonds. The zero-order valence-electron chi connectivity index (χ0n) is 15.8. The number of halogens is 1. The summed E-state index contributed by atoms with van der Waals surface area (Å²) in [5.74, 6) is 1.37. The Kier molecular flexibility index (Phi) is 7.01. The van der Waals surface area contributed by atoms with Gasteiger partial charge >= 0.3 is 0 Å². The third-order valence-corrected chi connectivity index (χ3v) is 5.71. The van der Waals surface area contributed by atoms with Gasteiger partial charge in [-0.1, -0.05) is 41.9 Å². The number of ether oxygens (including phenoxy) is 1. The van der Waals surface area contributed by atoms with Gasteiger partial charge in [0.15, 0.2) is 0 Å². The number of hydrogen-bond donors (Lipinski definition) is 1. The molecule has 0 unspecified atom stereocenters. The molecule has 0 radical (unpaired) electrons. The van der Waals surface area contributed by atoms with Crippen molar-refractivity contribution in [2.45, 2.75) is 23.6 Å². The first-order valence-corrected chi connectivity index (χ1v) is 10.3. The van der Waals surface area contributed by atoms with Gasteiger partial charge in [0.05, 0.1) is 13.2 Å². The predicted molar refractivity (Wildman–Crippen MR) is 116 cm³/mol. The van der Waals surface area contributed by atoms with Crippen LogP contribution in [-0.4, -0.2) is 13.0 Å². The van der Waals surface area contributed by atoms with Crippen LogP contribution in [0.5, 0.6) is 5.75 Å². The molecule has 3 aromatic carbocycles. The number of carbonyl (C=O) groups is 1. The van der Waals surface area contributed by atoms with Gasteiger partial charge in [-0.2, -0.15) is 0 Å². The highest BCUT2D eigenvalue weighted by Gasteiger charge is 2.14. The van der Waals surface area contributed by atoms with Crippen LogP contribution < -0.4 is 10.1 Å². The van der Waals surface area contributed by atoms with E-state index in [1.807, 2.05) is 73.7 Å². The van der Waals surface area contributed by atoms with Gasteiger partial charge < -0.3 is 10.1 Å². The average molecular weight is 412 g/mol. The lowest BCUT2D eigenvalue weighted by molar-refractivity contribution is 0.0939. The highest BCUT2D eigenvalue weighted by atomic mass is 35.5. The number of thioether (sulfide) groups is 1. The highest BCUT2D eigenvalue weighted by Crippen LogP contribution is 2.29. The number of nitrogens with one attached hydrogen (secondary N) is 1. The molecular weight excluding hydrogens is 390 g/mol. The first-order valence-electron chi connectivity index (χ1n) is 8.98. The lowest BCUT2D eigenvalue weighted by Gasteiger charge is -2.15. The van der Waals surface area contributed by atoms with E-state index in [1.54, 1.807) is 24.9 Å². The molecule has 0 aromatic heterocycles. The largest absolute Gasteiger partial charge is 0.496 e. The minimum atomic E-state index is -0.100. The van der Waals surface area contributed by atoms with E-state index in [4.69, 9.17) is 16.3 Å². The van der Waals surface area contributed by atoms with Crippen LogP contribution >= 0.6 is 23.4 Å². The minimum absolute atomic E-state index is 0.0670. The Morgan fingerprint density at radius 3 is 2.46 bits per heavy atom. The summed E-state index contributed by atoms with van der Waals surface area (Å²) < 4.78 is 5.47. The fourth-order valence-corrected chi connectivity index (χ4v) is 3.83. The van der Waals surface area contributed by atoms with Crippen LogP contribution in [0.3, 0.4) is 0 Å². The topological polar surface area (TPSA) is 38.3 Å². The second-order valence-electron chi connectivity index (χ2n) is 6.38. The summed E-state index contributed by atoms with van der Waals surface area (Å²) in [5, 5.41) is 3.77. The van der Waals surface area contributed by atoms with E-state index in [1.165, 1.54) is 0 Å². The van der Waals surface area contributed by atoms with Crippen molar-refractivity contribution in [3.8, 4) is 5.75 Å². The SMILES string of the molecule is COc1ccc(C(=O)N[C@H](C)c2ccccc2)cc1CSc1ccc(Cl)cc1. The van der Waals surface area contributed by atoms with Gasteiger partial charge in [-0.25, -0.2) is 0 Å². The van der Waals surface area contributed by atoms with Crippen LogP contribution in [0.25, 0.3) is 0 Å². The van der Waals surface area contributed by atoms with Crippen molar-refractivity contribution >= 4 is 29.3 Å². The number of methoxy groups -OCH3 is 1. The molecule has 3 nitrogen and oxygen atoms in total. The summed E-state index contributed by atoms with van der Waals surface area (Å²) in [6.07, 6.45) is 0. The number of amides is 1. The number of benzene rings is 3.